The van der Waals surface area contributed by atoms with Crippen molar-refractivity contribution in [2.24, 2.45) is 5.92 Å². The fourth-order valence-electron chi connectivity index (χ4n) is 2.90. The summed E-state index contributed by atoms with van der Waals surface area (Å²) in [7, 11) is 1.82. The number of hydrogen-bond donors (Lipinski definition) is 2. The Morgan fingerprint density at radius 3 is 2.88 bits per heavy atom. The van der Waals surface area contributed by atoms with Crippen molar-refractivity contribution in [1.29, 1.82) is 0 Å². The first-order chi connectivity index (χ1) is 11.6. The molecule has 1 aromatic carbocycles. The summed E-state index contributed by atoms with van der Waals surface area (Å²) in [6.07, 6.45) is 3.72. The van der Waals surface area contributed by atoms with E-state index in [1.54, 1.807) is 11.0 Å². The van der Waals surface area contributed by atoms with Gasteiger partial charge in [-0.25, -0.2) is 0 Å². The maximum atomic E-state index is 12.5. The summed E-state index contributed by atoms with van der Waals surface area (Å²) in [5.74, 6) is -0.196. The number of nitrogens with zero attached hydrogens (tertiary/aromatic N) is 1. The van der Waals surface area contributed by atoms with E-state index >= 15 is 0 Å². The molecule has 1 atom stereocenters. The van der Waals surface area contributed by atoms with Crippen molar-refractivity contribution in [3.63, 3.8) is 0 Å². The average Bonchev–Trinajstić information content (AvgIpc) is 3.24. The van der Waals surface area contributed by atoms with E-state index in [1.807, 2.05) is 32.2 Å². The van der Waals surface area contributed by atoms with Crippen LogP contribution in [-0.2, 0) is 11.2 Å². The number of carbonyl (C=O) groups is 2. The zero-order valence-corrected chi connectivity index (χ0v) is 13.8. The van der Waals surface area contributed by atoms with Crippen molar-refractivity contribution in [1.82, 2.24) is 5.32 Å². The van der Waals surface area contributed by atoms with Gasteiger partial charge in [-0.05, 0) is 43.3 Å². The molecule has 0 fully saturated rings. The molecule has 0 saturated heterocycles. The van der Waals surface area contributed by atoms with Crippen LogP contribution in [0.3, 0.4) is 0 Å². The van der Waals surface area contributed by atoms with Crippen molar-refractivity contribution in [3.05, 3.63) is 47.9 Å². The monoisotopic (exact) mass is 327 g/mol. The summed E-state index contributed by atoms with van der Waals surface area (Å²) in [4.78, 5) is 26.3. The number of carbonyl (C=O) groups excluding carboxylic acids is 2. The molecule has 0 radical (unpaired) electrons. The molecule has 1 aromatic heterocycles. The molecular weight excluding hydrogens is 306 g/mol. The Balaban J connectivity index is 1.74. The van der Waals surface area contributed by atoms with Crippen LogP contribution in [0.2, 0.25) is 0 Å². The van der Waals surface area contributed by atoms with Gasteiger partial charge in [-0.1, -0.05) is 6.92 Å². The Labute approximate surface area is 140 Å². The lowest BCUT2D eigenvalue weighted by molar-refractivity contribution is -0.119. The maximum Gasteiger partial charge on any atom is 0.261 e. The van der Waals surface area contributed by atoms with Crippen molar-refractivity contribution in [3.8, 4) is 0 Å². The summed E-state index contributed by atoms with van der Waals surface area (Å²) in [5.41, 5.74) is 3.26. The largest absolute Gasteiger partial charge is 0.472 e. The van der Waals surface area contributed by atoms with Gasteiger partial charge in [0.2, 0.25) is 5.91 Å². The molecule has 1 unspecified atom stereocenters. The first-order valence-corrected chi connectivity index (χ1v) is 8.02. The molecule has 2 aromatic rings. The van der Waals surface area contributed by atoms with Gasteiger partial charge in [-0.3, -0.25) is 9.59 Å². The van der Waals surface area contributed by atoms with Crippen molar-refractivity contribution in [2.45, 2.75) is 13.3 Å². The summed E-state index contributed by atoms with van der Waals surface area (Å²) >= 11 is 0. The molecule has 1 aliphatic rings. The molecule has 0 spiro atoms. The first kappa shape index (κ1) is 16.3. The van der Waals surface area contributed by atoms with Gasteiger partial charge in [0.1, 0.15) is 6.26 Å². The van der Waals surface area contributed by atoms with Crippen LogP contribution < -0.4 is 15.5 Å². The average molecular weight is 327 g/mol. The highest BCUT2D eigenvalue weighted by molar-refractivity contribution is 6.07. The quantitative estimate of drug-likeness (QED) is 0.883. The standard InChI is InChI=1S/C18H21N3O3/c1-12(10-19-2)17(22)20-15-3-4-16-13(9-15)5-7-21(16)18(23)14-6-8-24-11-14/h3-4,6,8-9,11-12,19H,5,7,10H2,1-2H3,(H,20,22). The van der Waals surface area contributed by atoms with E-state index in [4.69, 9.17) is 4.42 Å². The number of rotatable bonds is 5. The number of hydrogen-bond acceptors (Lipinski definition) is 4. The van der Waals surface area contributed by atoms with E-state index in [1.165, 1.54) is 12.5 Å². The molecule has 0 bridgehead atoms. The van der Waals surface area contributed by atoms with Gasteiger partial charge in [-0.2, -0.15) is 0 Å². The highest BCUT2D eigenvalue weighted by Crippen LogP contribution is 2.31. The molecule has 6 heteroatoms. The van der Waals surface area contributed by atoms with Crippen LogP contribution in [0, 0.1) is 5.92 Å². The van der Waals surface area contributed by atoms with E-state index in [0.717, 1.165) is 23.4 Å². The Bertz CT molecular complexity index is 740. The third kappa shape index (κ3) is 3.19. The Morgan fingerprint density at radius 1 is 1.33 bits per heavy atom. The van der Waals surface area contributed by atoms with Crippen molar-refractivity contribution < 1.29 is 14.0 Å². The van der Waals surface area contributed by atoms with Gasteiger partial charge < -0.3 is 20.0 Å². The first-order valence-electron chi connectivity index (χ1n) is 8.02. The van der Waals surface area contributed by atoms with Gasteiger partial charge in [-0.15, -0.1) is 0 Å². The molecule has 126 valence electrons. The summed E-state index contributed by atoms with van der Waals surface area (Å²) in [6.45, 7) is 3.14. The lowest BCUT2D eigenvalue weighted by Crippen LogP contribution is -2.29. The van der Waals surface area contributed by atoms with Crippen LogP contribution in [-0.4, -0.2) is 32.0 Å². The summed E-state index contributed by atoms with van der Waals surface area (Å²) in [6, 6.07) is 7.34. The van der Waals surface area contributed by atoms with E-state index in [9.17, 15) is 9.59 Å². The summed E-state index contributed by atoms with van der Waals surface area (Å²) in [5, 5.41) is 5.93. The van der Waals surface area contributed by atoms with Crippen LogP contribution in [0.25, 0.3) is 0 Å². The van der Waals surface area contributed by atoms with Gasteiger partial charge in [0.05, 0.1) is 11.8 Å². The molecule has 24 heavy (non-hydrogen) atoms. The summed E-state index contributed by atoms with van der Waals surface area (Å²) < 4.78 is 4.99. The highest BCUT2D eigenvalue weighted by atomic mass is 16.3. The lowest BCUT2D eigenvalue weighted by Gasteiger charge is -2.17. The van der Waals surface area contributed by atoms with Gasteiger partial charge in [0, 0.05) is 30.4 Å². The van der Waals surface area contributed by atoms with Gasteiger partial charge in [0.15, 0.2) is 0 Å². The van der Waals surface area contributed by atoms with Gasteiger partial charge >= 0.3 is 0 Å². The van der Waals surface area contributed by atoms with E-state index in [0.29, 0.717) is 18.7 Å². The molecule has 0 aliphatic carbocycles. The van der Waals surface area contributed by atoms with Crippen LogP contribution >= 0.6 is 0 Å². The molecule has 6 nitrogen and oxygen atoms in total. The second kappa shape index (κ2) is 6.88. The van der Waals surface area contributed by atoms with Crippen molar-refractivity contribution in [2.75, 3.05) is 30.4 Å². The maximum absolute atomic E-state index is 12.5. The van der Waals surface area contributed by atoms with E-state index in [2.05, 4.69) is 10.6 Å². The Hall–Kier alpha value is -2.60. The number of fused-ring (bicyclic) bond motifs is 1. The van der Waals surface area contributed by atoms with Crippen LogP contribution in [0.5, 0.6) is 0 Å². The number of nitrogens with one attached hydrogen (secondary N) is 2. The second-order valence-corrected chi connectivity index (χ2v) is 6.01. The van der Waals surface area contributed by atoms with Crippen LogP contribution in [0.4, 0.5) is 11.4 Å². The Morgan fingerprint density at radius 2 is 2.17 bits per heavy atom. The van der Waals surface area contributed by atoms with Crippen molar-refractivity contribution >= 4 is 23.2 Å². The third-order valence-electron chi connectivity index (χ3n) is 4.21. The zero-order valence-electron chi connectivity index (χ0n) is 13.8. The minimum atomic E-state index is -0.109. The molecule has 0 saturated carbocycles. The molecule has 1 aliphatic heterocycles. The number of amides is 2. The smallest absolute Gasteiger partial charge is 0.261 e. The third-order valence-corrected chi connectivity index (χ3v) is 4.21. The molecule has 3 rings (SSSR count). The fourth-order valence-corrected chi connectivity index (χ4v) is 2.90. The number of furan rings is 1. The lowest BCUT2D eigenvalue weighted by atomic mass is 10.1. The second-order valence-electron chi connectivity index (χ2n) is 6.01. The minimum absolute atomic E-state index is 0.0198. The predicted molar refractivity (Wildman–Crippen MR) is 92.3 cm³/mol. The molecule has 2 amide bonds. The molecule has 2 heterocycles. The molecular formula is C18H21N3O3. The fraction of sp³-hybridized carbons (Fsp3) is 0.333. The van der Waals surface area contributed by atoms with Crippen LogP contribution in [0.1, 0.15) is 22.8 Å². The zero-order chi connectivity index (χ0) is 17.1. The number of benzene rings is 1. The van der Waals surface area contributed by atoms with Crippen LogP contribution in [0.15, 0.2) is 41.2 Å². The number of anilines is 2. The SMILES string of the molecule is CNCC(C)C(=O)Nc1ccc2c(c1)CCN2C(=O)c1ccoc1. The minimum Gasteiger partial charge on any atom is -0.472 e. The highest BCUT2D eigenvalue weighted by Gasteiger charge is 2.26. The van der Waals surface area contributed by atoms with E-state index < -0.39 is 0 Å². The topological polar surface area (TPSA) is 74.6 Å². The molecule has 2 N–H and O–H groups in total. The van der Waals surface area contributed by atoms with E-state index in [-0.39, 0.29) is 17.7 Å². The van der Waals surface area contributed by atoms with Gasteiger partial charge in [0.25, 0.3) is 5.91 Å². The normalized spacial score (nSPS) is 14.3. The predicted octanol–water partition coefficient (Wildman–Crippen LogP) is 2.28. The Kier molecular flexibility index (Phi) is 4.66.